The van der Waals surface area contributed by atoms with Crippen LogP contribution in [0.25, 0.3) is 0 Å². The van der Waals surface area contributed by atoms with Crippen molar-refractivity contribution in [2.75, 3.05) is 0 Å². The molecule has 1 unspecified atom stereocenters. The van der Waals surface area contributed by atoms with E-state index in [0.29, 0.717) is 0 Å². The van der Waals surface area contributed by atoms with Gasteiger partial charge in [0.25, 0.3) is 5.56 Å². The summed E-state index contributed by atoms with van der Waals surface area (Å²) < 4.78 is 0.197. The molecule has 70 valence electrons. The lowest BCUT2D eigenvalue weighted by atomic mass is 10.5. The van der Waals surface area contributed by atoms with Crippen molar-refractivity contribution in [3.05, 3.63) is 33.1 Å². The third-order valence-corrected chi connectivity index (χ3v) is 1.35. The first kappa shape index (κ1) is 9.20. The van der Waals surface area contributed by atoms with E-state index in [1.54, 1.807) is 0 Å². The summed E-state index contributed by atoms with van der Waals surface area (Å²) in [4.78, 5) is 34.1. The van der Waals surface area contributed by atoms with Crippen LogP contribution in [-0.2, 0) is 4.79 Å². The molecule has 0 aliphatic heterocycles. The number of hydrogen-bond acceptors (Lipinski definition) is 4. The summed E-state index contributed by atoms with van der Waals surface area (Å²) in [6, 6.07) is 0.938. The highest BCUT2D eigenvalue weighted by Gasteiger charge is 2.18. The van der Waals surface area contributed by atoms with E-state index in [-0.39, 0.29) is 4.57 Å². The molecular formula is C6H6N2O5. The molecule has 0 aromatic carbocycles. The fourth-order valence-electron chi connectivity index (χ4n) is 0.776. The van der Waals surface area contributed by atoms with Crippen LogP contribution in [0.3, 0.4) is 0 Å². The monoisotopic (exact) mass is 186 g/mol. The number of aromatic amines is 1. The number of aliphatic hydroxyl groups is 1. The van der Waals surface area contributed by atoms with Gasteiger partial charge in [0.05, 0.1) is 0 Å². The molecule has 1 heterocycles. The van der Waals surface area contributed by atoms with E-state index in [2.05, 4.69) is 4.98 Å². The van der Waals surface area contributed by atoms with Gasteiger partial charge in [-0.15, -0.1) is 0 Å². The van der Waals surface area contributed by atoms with Gasteiger partial charge in [-0.3, -0.25) is 4.79 Å². The topological polar surface area (TPSA) is 112 Å². The first-order chi connectivity index (χ1) is 6.04. The molecule has 0 amide bonds. The predicted molar refractivity (Wildman–Crippen MR) is 40.2 cm³/mol. The van der Waals surface area contributed by atoms with Gasteiger partial charge >= 0.3 is 11.7 Å². The van der Waals surface area contributed by atoms with Crippen molar-refractivity contribution in [2.45, 2.75) is 6.23 Å². The molecular weight excluding hydrogens is 180 g/mol. The van der Waals surface area contributed by atoms with Crippen LogP contribution < -0.4 is 11.2 Å². The molecule has 0 radical (unpaired) electrons. The summed E-state index contributed by atoms with van der Waals surface area (Å²) in [5, 5.41) is 17.2. The molecule has 7 nitrogen and oxygen atoms in total. The maximum Gasteiger partial charge on any atom is 0.354 e. The minimum absolute atomic E-state index is 0.197. The van der Waals surface area contributed by atoms with E-state index in [1.165, 1.54) is 0 Å². The van der Waals surface area contributed by atoms with Gasteiger partial charge in [-0.2, -0.15) is 0 Å². The molecule has 0 saturated heterocycles. The van der Waals surface area contributed by atoms with E-state index in [0.717, 1.165) is 12.3 Å². The minimum atomic E-state index is -2.16. The molecule has 13 heavy (non-hydrogen) atoms. The zero-order chi connectivity index (χ0) is 10.0. The number of carboxylic acid groups (broad SMARTS) is 1. The number of carboxylic acids is 1. The summed E-state index contributed by atoms with van der Waals surface area (Å²) >= 11 is 0. The van der Waals surface area contributed by atoms with Crippen LogP contribution in [0.2, 0.25) is 0 Å². The minimum Gasteiger partial charge on any atom is -0.478 e. The van der Waals surface area contributed by atoms with Gasteiger partial charge < -0.3 is 15.2 Å². The van der Waals surface area contributed by atoms with Crippen molar-refractivity contribution in [2.24, 2.45) is 0 Å². The molecule has 0 spiro atoms. The Balaban J connectivity index is 3.37. The van der Waals surface area contributed by atoms with Gasteiger partial charge in [-0.1, -0.05) is 0 Å². The second-order valence-corrected chi connectivity index (χ2v) is 2.20. The van der Waals surface area contributed by atoms with Crippen LogP contribution in [0.15, 0.2) is 21.9 Å². The predicted octanol–water partition coefficient (Wildman–Crippen LogP) is -1.89. The summed E-state index contributed by atoms with van der Waals surface area (Å²) in [6.45, 7) is 0. The average molecular weight is 186 g/mol. The van der Waals surface area contributed by atoms with Gasteiger partial charge in [0.1, 0.15) is 0 Å². The van der Waals surface area contributed by atoms with E-state index in [4.69, 9.17) is 10.2 Å². The van der Waals surface area contributed by atoms with Crippen molar-refractivity contribution < 1.29 is 15.0 Å². The van der Waals surface area contributed by atoms with Gasteiger partial charge in [-0.25, -0.2) is 14.2 Å². The third kappa shape index (κ3) is 1.64. The Hall–Kier alpha value is -1.89. The quantitative estimate of drug-likeness (QED) is 0.500. The van der Waals surface area contributed by atoms with Gasteiger partial charge in [0, 0.05) is 12.3 Å². The fourth-order valence-corrected chi connectivity index (χ4v) is 0.776. The lowest BCUT2D eigenvalue weighted by Gasteiger charge is -2.05. The number of aromatic nitrogens is 2. The first-order valence-corrected chi connectivity index (χ1v) is 3.25. The van der Waals surface area contributed by atoms with Gasteiger partial charge in [-0.05, 0) is 0 Å². The van der Waals surface area contributed by atoms with E-state index >= 15 is 0 Å². The Kier molecular flexibility index (Phi) is 2.29. The zero-order valence-corrected chi connectivity index (χ0v) is 6.30. The van der Waals surface area contributed by atoms with Crippen LogP contribution in [0.1, 0.15) is 6.23 Å². The number of aliphatic carboxylic acids is 1. The second kappa shape index (κ2) is 3.23. The molecule has 0 aliphatic rings. The first-order valence-electron chi connectivity index (χ1n) is 3.25. The Bertz CT molecular complexity index is 403. The maximum atomic E-state index is 10.9. The second-order valence-electron chi connectivity index (χ2n) is 2.20. The summed E-state index contributed by atoms with van der Waals surface area (Å²) in [5.74, 6) is -1.67. The molecule has 1 aromatic rings. The van der Waals surface area contributed by atoms with Crippen molar-refractivity contribution in [1.82, 2.24) is 9.55 Å². The lowest BCUT2D eigenvalue weighted by molar-refractivity contribution is -0.152. The van der Waals surface area contributed by atoms with Crippen LogP contribution in [0.4, 0.5) is 0 Å². The Morgan fingerprint density at radius 2 is 2.15 bits per heavy atom. The molecule has 3 N–H and O–H groups in total. The van der Waals surface area contributed by atoms with Crippen molar-refractivity contribution in [3.8, 4) is 0 Å². The van der Waals surface area contributed by atoms with E-state index < -0.39 is 23.4 Å². The van der Waals surface area contributed by atoms with Gasteiger partial charge in [0.2, 0.25) is 6.23 Å². The number of aliphatic hydroxyl groups excluding tert-OH is 1. The SMILES string of the molecule is O=C(O)C(O)n1c(=O)cc[nH]c1=O. The highest BCUT2D eigenvalue weighted by atomic mass is 16.4. The summed E-state index contributed by atoms with van der Waals surface area (Å²) in [5.41, 5.74) is -1.85. The number of rotatable bonds is 2. The molecule has 0 bridgehead atoms. The molecule has 1 aromatic heterocycles. The highest BCUT2D eigenvalue weighted by Crippen LogP contribution is 1.91. The standard InChI is InChI=1S/C6H6N2O5/c9-3-1-2-7-6(13)8(3)4(10)5(11)12/h1-2,4,10H,(H,7,13)(H,11,12). The summed E-state index contributed by atoms with van der Waals surface area (Å²) in [6.07, 6.45) is -1.09. The van der Waals surface area contributed by atoms with Crippen LogP contribution in [0, 0.1) is 0 Å². The third-order valence-electron chi connectivity index (χ3n) is 1.35. The average Bonchev–Trinajstić information content (AvgIpc) is 2.03. The van der Waals surface area contributed by atoms with Crippen LogP contribution in [0.5, 0.6) is 0 Å². The van der Waals surface area contributed by atoms with E-state index in [1.807, 2.05) is 0 Å². The van der Waals surface area contributed by atoms with Crippen LogP contribution >= 0.6 is 0 Å². The highest BCUT2D eigenvalue weighted by molar-refractivity contribution is 5.69. The molecule has 0 saturated carbocycles. The molecule has 0 fully saturated rings. The molecule has 0 aliphatic carbocycles. The maximum absolute atomic E-state index is 10.9. The number of H-pyrrole nitrogens is 1. The zero-order valence-electron chi connectivity index (χ0n) is 6.30. The van der Waals surface area contributed by atoms with Gasteiger partial charge in [0.15, 0.2) is 0 Å². The molecule has 1 rings (SSSR count). The van der Waals surface area contributed by atoms with Crippen molar-refractivity contribution in [3.63, 3.8) is 0 Å². The fraction of sp³-hybridized carbons (Fsp3) is 0.167. The Morgan fingerprint density at radius 3 is 2.62 bits per heavy atom. The van der Waals surface area contributed by atoms with Crippen LogP contribution in [-0.4, -0.2) is 25.7 Å². The largest absolute Gasteiger partial charge is 0.478 e. The number of hydrogen-bond donors (Lipinski definition) is 3. The Labute approximate surface area is 70.9 Å². The molecule has 7 heteroatoms. The van der Waals surface area contributed by atoms with Crippen molar-refractivity contribution >= 4 is 5.97 Å². The summed E-state index contributed by atoms with van der Waals surface area (Å²) in [7, 11) is 0. The number of nitrogens with zero attached hydrogens (tertiary/aromatic N) is 1. The molecule has 1 atom stereocenters. The Morgan fingerprint density at radius 1 is 1.54 bits per heavy atom. The van der Waals surface area contributed by atoms with Crippen molar-refractivity contribution in [1.29, 1.82) is 0 Å². The van der Waals surface area contributed by atoms with E-state index in [9.17, 15) is 14.4 Å². The normalized spacial score (nSPS) is 12.4. The number of carbonyl (C=O) groups is 1. The lowest BCUT2D eigenvalue weighted by Crippen LogP contribution is -2.40. The number of nitrogens with one attached hydrogen (secondary N) is 1. The smallest absolute Gasteiger partial charge is 0.354 e.